The monoisotopic (exact) mass is 535 g/mol. The lowest BCUT2D eigenvalue weighted by molar-refractivity contribution is -0.165. The fourth-order valence-electron chi connectivity index (χ4n) is 8.82. The maximum absolute atomic E-state index is 14.6. The van der Waals surface area contributed by atoms with Crippen molar-refractivity contribution in [2.75, 3.05) is 26.3 Å². The van der Waals surface area contributed by atoms with Crippen molar-refractivity contribution in [1.82, 2.24) is 4.31 Å². The van der Waals surface area contributed by atoms with Gasteiger partial charge in [-0.15, -0.1) is 0 Å². The summed E-state index contributed by atoms with van der Waals surface area (Å²) in [6.07, 6.45) is 4.14. The molecule has 2 heterocycles. The lowest BCUT2D eigenvalue weighted by Gasteiger charge is -2.46. The van der Waals surface area contributed by atoms with Crippen molar-refractivity contribution in [2.45, 2.75) is 69.0 Å². The van der Waals surface area contributed by atoms with E-state index >= 15 is 0 Å². The van der Waals surface area contributed by atoms with Crippen LogP contribution in [0.25, 0.3) is 0 Å². The van der Waals surface area contributed by atoms with E-state index in [0.29, 0.717) is 31.3 Å². The van der Waals surface area contributed by atoms with Gasteiger partial charge in [-0.1, -0.05) is 6.58 Å². The highest BCUT2D eigenvalue weighted by atomic mass is 32.2. The summed E-state index contributed by atoms with van der Waals surface area (Å²) in [6.45, 7) is 9.54. The van der Waals surface area contributed by atoms with E-state index in [1.54, 1.807) is 19.1 Å². The lowest BCUT2D eigenvalue weighted by Crippen LogP contribution is -2.58. The molecule has 37 heavy (non-hydrogen) atoms. The second-order valence-corrected chi connectivity index (χ2v) is 13.8. The Labute approximate surface area is 216 Å². The number of fused-ring (bicyclic) bond motifs is 1. The normalized spacial score (nSPS) is 46.2. The summed E-state index contributed by atoms with van der Waals surface area (Å²) >= 11 is 0. The summed E-state index contributed by atoms with van der Waals surface area (Å²) in [5.74, 6) is -2.67. The van der Waals surface area contributed by atoms with Gasteiger partial charge in [-0.05, 0) is 50.3 Å². The second-order valence-electron chi connectivity index (χ2n) is 11.7. The van der Waals surface area contributed by atoms with Gasteiger partial charge in [0.15, 0.2) is 0 Å². The number of ether oxygens (including phenoxy) is 4. The smallest absolute Gasteiger partial charge is 0.317 e. The molecule has 5 fully saturated rings. The molecule has 202 valence electrons. The maximum Gasteiger partial charge on any atom is 0.317 e. The molecule has 0 aromatic heterocycles. The topological polar surface area (TPSA) is 126 Å². The van der Waals surface area contributed by atoms with Gasteiger partial charge in [-0.3, -0.25) is 14.4 Å². The van der Waals surface area contributed by atoms with E-state index in [1.165, 1.54) is 18.2 Å². The minimum absolute atomic E-state index is 0.212. The first-order chi connectivity index (χ1) is 17.3. The van der Waals surface area contributed by atoms with E-state index in [4.69, 9.17) is 18.9 Å². The average molecular weight is 536 g/mol. The molecule has 0 radical (unpaired) electrons. The highest BCUT2D eigenvalue weighted by Gasteiger charge is 2.85. The summed E-state index contributed by atoms with van der Waals surface area (Å²) in [7, 11) is -4.00. The SMILES string of the molecule is C=C1C[C@]23C[C@@]1(OC(C)=O)CC[C@H]2[C@@]12C=C[C@H](OC(C)=O)[C@@](C)(C(=O)O1)[C@H]2[C@@H]3S(=O)(=O)N1CCOCC1. The van der Waals surface area contributed by atoms with Crippen LogP contribution in [0, 0.1) is 22.7 Å². The Bertz CT molecular complexity index is 1240. The molecule has 8 atom stereocenters. The van der Waals surface area contributed by atoms with Crippen LogP contribution in [-0.4, -0.2) is 79.5 Å². The number of carbonyl (C=O) groups is 3. The van der Waals surface area contributed by atoms with Gasteiger partial charge in [-0.2, -0.15) is 4.31 Å². The van der Waals surface area contributed by atoms with Crippen LogP contribution in [0.15, 0.2) is 24.3 Å². The van der Waals surface area contributed by atoms with Crippen LogP contribution in [0.1, 0.15) is 46.5 Å². The van der Waals surface area contributed by atoms with Crippen LogP contribution >= 0.6 is 0 Å². The van der Waals surface area contributed by atoms with E-state index in [9.17, 15) is 22.8 Å². The number of carbonyl (C=O) groups excluding carboxylic acids is 3. The van der Waals surface area contributed by atoms with Crippen molar-refractivity contribution >= 4 is 27.9 Å². The molecule has 6 aliphatic rings. The van der Waals surface area contributed by atoms with Crippen LogP contribution < -0.4 is 0 Å². The lowest BCUT2D eigenvalue weighted by atomic mass is 9.63. The molecule has 0 unspecified atom stereocenters. The number of nitrogens with zero attached hydrogens (tertiary/aromatic N) is 1. The highest BCUT2D eigenvalue weighted by Crippen LogP contribution is 2.77. The summed E-state index contributed by atoms with van der Waals surface area (Å²) in [4.78, 5) is 37.8. The van der Waals surface area contributed by atoms with E-state index in [2.05, 4.69) is 6.58 Å². The van der Waals surface area contributed by atoms with E-state index < -0.39 is 67.2 Å². The summed E-state index contributed by atoms with van der Waals surface area (Å²) in [5.41, 5.74) is -3.68. The molecule has 0 aromatic carbocycles. The van der Waals surface area contributed by atoms with Crippen molar-refractivity contribution < 1.29 is 41.7 Å². The second kappa shape index (κ2) is 7.66. The average Bonchev–Trinajstić information content (AvgIpc) is 3.25. The molecular weight excluding hydrogens is 502 g/mol. The molecule has 3 saturated carbocycles. The number of morpholine rings is 1. The Balaban J connectivity index is 1.57. The summed E-state index contributed by atoms with van der Waals surface area (Å²) in [5, 5.41) is -1.03. The molecule has 10 nitrogen and oxygen atoms in total. The van der Waals surface area contributed by atoms with Gasteiger partial charge in [0, 0.05) is 44.2 Å². The number of esters is 3. The van der Waals surface area contributed by atoms with E-state index in [1.807, 2.05) is 0 Å². The van der Waals surface area contributed by atoms with Crippen molar-refractivity contribution in [3.63, 3.8) is 0 Å². The van der Waals surface area contributed by atoms with Gasteiger partial charge < -0.3 is 18.9 Å². The number of rotatable bonds is 4. The van der Waals surface area contributed by atoms with Gasteiger partial charge in [-0.25, -0.2) is 8.42 Å². The Kier molecular flexibility index (Phi) is 5.19. The molecule has 0 amide bonds. The fourth-order valence-corrected chi connectivity index (χ4v) is 11.6. The van der Waals surface area contributed by atoms with Crippen LogP contribution in [-0.2, 0) is 43.4 Å². The van der Waals surface area contributed by atoms with E-state index in [0.717, 1.165) is 0 Å². The molecule has 1 spiro atoms. The number of sulfonamides is 1. The molecule has 6 rings (SSSR count). The van der Waals surface area contributed by atoms with Gasteiger partial charge in [0.2, 0.25) is 10.0 Å². The fraction of sp³-hybridized carbons (Fsp3) is 0.731. The first-order valence-corrected chi connectivity index (χ1v) is 14.4. The standard InChI is InChI=1S/C26H33NO9S/c1-15-13-24-14-25(15,35-17(3)29)7-5-18(24)26-8-6-19(34-16(2)28)23(4,22(30)36-26)20(26)21(24)37(31,32)27-9-11-33-12-10-27/h6,8,18-21H,1,5,7,9-14H2,2-4H3/t18-,19+,20-,21+,23-,24+,25+,26-/m1/s1. The van der Waals surface area contributed by atoms with Gasteiger partial charge in [0.1, 0.15) is 22.7 Å². The summed E-state index contributed by atoms with van der Waals surface area (Å²) < 4.78 is 53.9. The predicted molar refractivity (Wildman–Crippen MR) is 128 cm³/mol. The first-order valence-electron chi connectivity index (χ1n) is 12.9. The molecule has 0 aromatic rings. The van der Waals surface area contributed by atoms with Crippen molar-refractivity contribution in [2.24, 2.45) is 22.7 Å². The zero-order chi connectivity index (χ0) is 26.6. The Morgan fingerprint density at radius 1 is 1.19 bits per heavy atom. The molecular formula is C26H33NO9S. The number of hydrogen-bond donors (Lipinski definition) is 0. The third-order valence-corrected chi connectivity index (χ3v) is 12.5. The third kappa shape index (κ3) is 2.99. The van der Waals surface area contributed by atoms with Crippen molar-refractivity contribution in [3.05, 3.63) is 24.3 Å². The molecule has 11 heteroatoms. The van der Waals surface area contributed by atoms with Crippen LogP contribution in [0.4, 0.5) is 0 Å². The van der Waals surface area contributed by atoms with Gasteiger partial charge in [0.05, 0.1) is 18.5 Å². The highest BCUT2D eigenvalue weighted by molar-refractivity contribution is 7.89. The minimum atomic E-state index is -4.00. The molecule has 2 saturated heterocycles. The largest absolute Gasteiger partial charge is 0.457 e. The zero-order valence-corrected chi connectivity index (χ0v) is 22.2. The molecule has 4 aliphatic carbocycles. The minimum Gasteiger partial charge on any atom is -0.457 e. The Morgan fingerprint density at radius 2 is 1.89 bits per heavy atom. The third-order valence-electron chi connectivity index (χ3n) is 9.99. The van der Waals surface area contributed by atoms with Crippen LogP contribution in [0.2, 0.25) is 0 Å². The predicted octanol–water partition coefficient (Wildman–Crippen LogP) is 1.50. The quantitative estimate of drug-likeness (QED) is 0.299. The van der Waals surface area contributed by atoms with Crippen LogP contribution in [0.5, 0.6) is 0 Å². The zero-order valence-electron chi connectivity index (χ0n) is 21.4. The van der Waals surface area contributed by atoms with Gasteiger partial charge in [0.25, 0.3) is 0 Å². The summed E-state index contributed by atoms with van der Waals surface area (Å²) in [6, 6.07) is 0. The van der Waals surface area contributed by atoms with Gasteiger partial charge >= 0.3 is 17.9 Å². The Hall–Kier alpha value is -2.24. The van der Waals surface area contributed by atoms with E-state index in [-0.39, 0.29) is 32.2 Å². The van der Waals surface area contributed by atoms with Crippen molar-refractivity contribution in [1.29, 1.82) is 0 Å². The van der Waals surface area contributed by atoms with Crippen molar-refractivity contribution in [3.8, 4) is 0 Å². The Morgan fingerprint density at radius 3 is 2.54 bits per heavy atom. The molecule has 0 N–H and O–H groups in total. The maximum atomic E-state index is 14.6. The number of hydrogen-bond acceptors (Lipinski definition) is 9. The first kappa shape index (κ1) is 25.1. The van der Waals surface area contributed by atoms with Crippen LogP contribution in [0.3, 0.4) is 0 Å². The molecule has 2 aliphatic heterocycles. The molecule has 4 bridgehead atoms.